The number of primary sulfonamides is 2. The summed E-state index contributed by atoms with van der Waals surface area (Å²) in [5, 5.41) is 18.5. The molecule has 0 heterocycles. The average Bonchev–Trinajstić information content (AvgIpc) is 2.91. The van der Waals surface area contributed by atoms with Gasteiger partial charge in [0.2, 0.25) is 20.0 Å². The van der Waals surface area contributed by atoms with Crippen LogP contribution in [0.15, 0.2) is 90.2 Å². The first-order valence-corrected chi connectivity index (χ1v) is 14.2. The van der Waals surface area contributed by atoms with Crippen molar-refractivity contribution < 1.29 is 26.3 Å². The molecular weight excluding hydrogens is 564 g/mol. The largest absolute Gasteiger partial charge is 0.495 e. The van der Waals surface area contributed by atoms with E-state index in [-0.39, 0.29) is 54.2 Å². The molecular formula is C24H22N6O8S2. The van der Waals surface area contributed by atoms with Crippen LogP contribution >= 0.6 is 0 Å². The molecule has 208 valence electrons. The summed E-state index contributed by atoms with van der Waals surface area (Å²) in [4.78, 5) is 25.8. The van der Waals surface area contributed by atoms with Crippen LogP contribution in [-0.2, 0) is 20.0 Å². The van der Waals surface area contributed by atoms with Crippen molar-refractivity contribution in [2.45, 2.75) is 9.79 Å². The van der Waals surface area contributed by atoms with Gasteiger partial charge in [0, 0.05) is 10.8 Å². The van der Waals surface area contributed by atoms with E-state index in [2.05, 4.69) is 21.1 Å². The SMILES string of the molecule is COc1ccc(S(N)(=O)=O)cc1NN=c1c(=O)c(=O)c(=NNc2cc(S(N)(=O)=O)ccc2OC)c2ccccc12. The number of hydrogen-bond acceptors (Lipinski definition) is 12. The summed E-state index contributed by atoms with van der Waals surface area (Å²) in [7, 11) is -5.41. The second kappa shape index (κ2) is 10.9. The summed E-state index contributed by atoms with van der Waals surface area (Å²) >= 11 is 0. The van der Waals surface area contributed by atoms with Crippen molar-refractivity contribution in [2.24, 2.45) is 20.5 Å². The normalized spacial score (nSPS) is 12.9. The van der Waals surface area contributed by atoms with Crippen LogP contribution in [0.4, 0.5) is 11.4 Å². The van der Waals surface area contributed by atoms with E-state index in [0.717, 1.165) is 0 Å². The lowest BCUT2D eigenvalue weighted by Gasteiger charge is -2.10. The van der Waals surface area contributed by atoms with Gasteiger partial charge < -0.3 is 9.47 Å². The fourth-order valence-corrected chi connectivity index (χ4v) is 4.79. The first-order valence-electron chi connectivity index (χ1n) is 11.1. The second-order valence-electron chi connectivity index (χ2n) is 8.16. The van der Waals surface area contributed by atoms with Crippen LogP contribution in [0.5, 0.6) is 11.5 Å². The summed E-state index contributed by atoms with van der Waals surface area (Å²) in [6, 6.07) is 13.8. The molecule has 0 aromatic heterocycles. The minimum Gasteiger partial charge on any atom is -0.495 e. The van der Waals surface area contributed by atoms with E-state index in [9.17, 15) is 26.4 Å². The van der Waals surface area contributed by atoms with Gasteiger partial charge in [-0.15, -0.1) is 0 Å². The number of ether oxygens (including phenoxy) is 2. The van der Waals surface area contributed by atoms with Gasteiger partial charge in [-0.25, -0.2) is 27.1 Å². The third-order valence-electron chi connectivity index (χ3n) is 5.65. The number of nitrogens with two attached hydrogens (primary N) is 2. The first kappa shape index (κ1) is 28.4. The van der Waals surface area contributed by atoms with Gasteiger partial charge in [0.1, 0.15) is 22.2 Å². The first-order chi connectivity index (χ1) is 18.8. The van der Waals surface area contributed by atoms with Crippen molar-refractivity contribution in [2.75, 3.05) is 25.1 Å². The fraction of sp³-hybridized carbons (Fsp3) is 0.0833. The second-order valence-corrected chi connectivity index (χ2v) is 11.3. The summed E-state index contributed by atoms with van der Waals surface area (Å²) in [5.74, 6) is 0.392. The maximum absolute atomic E-state index is 13.1. The van der Waals surface area contributed by atoms with Crippen molar-refractivity contribution in [3.63, 3.8) is 0 Å². The standard InChI is InChI=1S/C24H22N6O8S2/c1-37-19-9-7-13(39(25,33)34)11-17(19)27-29-21-15-5-3-4-6-16(15)22(24(32)23(21)31)30-28-18-12-14(40(26,35)36)8-10-20(18)38-2/h3-12,27-28H,1-2H3,(H2,25,33,34)(H2,26,35,36). The summed E-state index contributed by atoms with van der Waals surface area (Å²) < 4.78 is 57.5. The Morgan fingerprint density at radius 3 is 1.35 bits per heavy atom. The lowest BCUT2D eigenvalue weighted by atomic mass is 10.1. The Hall–Kier alpha value is -4.64. The third kappa shape index (κ3) is 5.69. The summed E-state index contributed by atoms with van der Waals surface area (Å²) in [6.45, 7) is 0. The molecule has 0 unspecified atom stereocenters. The Balaban J connectivity index is 1.89. The van der Waals surface area contributed by atoms with E-state index < -0.39 is 30.9 Å². The predicted octanol–water partition coefficient (Wildman–Crippen LogP) is -0.397. The van der Waals surface area contributed by atoms with E-state index in [1.165, 1.54) is 62.8 Å². The fourth-order valence-electron chi connectivity index (χ4n) is 3.71. The smallest absolute Gasteiger partial charge is 0.256 e. The van der Waals surface area contributed by atoms with E-state index in [1.807, 2.05) is 0 Å². The minimum absolute atomic E-state index is 0.0715. The quantitative estimate of drug-likeness (QED) is 0.154. The van der Waals surface area contributed by atoms with Crippen LogP contribution in [0, 0.1) is 0 Å². The van der Waals surface area contributed by atoms with E-state index in [4.69, 9.17) is 19.8 Å². The zero-order valence-electron chi connectivity index (χ0n) is 20.9. The lowest BCUT2D eigenvalue weighted by molar-refractivity contribution is 0.416. The minimum atomic E-state index is -4.05. The molecule has 40 heavy (non-hydrogen) atoms. The number of fused-ring (bicyclic) bond motifs is 1. The molecule has 0 spiro atoms. The maximum atomic E-state index is 13.1. The highest BCUT2D eigenvalue weighted by atomic mass is 32.2. The molecule has 0 saturated heterocycles. The Morgan fingerprint density at radius 2 is 1.02 bits per heavy atom. The molecule has 0 atom stereocenters. The van der Waals surface area contributed by atoms with E-state index in [1.54, 1.807) is 12.1 Å². The van der Waals surface area contributed by atoms with Gasteiger partial charge >= 0.3 is 0 Å². The maximum Gasteiger partial charge on any atom is 0.256 e. The molecule has 0 bridgehead atoms. The lowest BCUT2D eigenvalue weighted by Crippen LogP contribution is -2.48. The van der Waals surface area contributed by atoms with Crippen molar-refractivity contribution in [1.82, 2.24) is 0 Å². The Labute approximate surface area is 227 Å². The molecule has 16 heteroatoms. The van der Waals surface area contributed by atoms with Crippen molar-refractivity contribution >= 4 is 42.2 Å². The number of anilines is 2. The van der Waals surface area contributed by atoms with Crippen LogP contribution in [0.3, 0.4) is 0 Å². The highest BCUT2D eigenvalue weighted by Gasteiger charge is 2.15. The van der Waals surface area contributed by atoms with Gasteiger partial charge in [-0.1, -0.05) is 24.3 Å². The van der Waals surface area contributed by atoms with Crippen LogP contribution < -0.4 is 52.2 Å². The Bertz CT molecular complexity index is 1940. The number of hydrogen-bond donors (Lipinski definition) is 4. The van der Waals surface area contributed by atoms with Crippen molar-refractivity contribution in [3.8, 4) is 11.5 Å². The Morgan fingerprint density at radius 1 is 0.650 bits per heavy atom. The summed E-state index contributed by atoms with van der Waals surface area (Å²) in [6.07, 6.45) is 0. The predicted molar refractivity (Wildman–Crippen MR) is 146 cm³/mol. The molecule has 0 aliphatic carbocycles. The number of benzene rings is 4. The molecule has 0 amide bonds. The molecule has 4 aromatic rings. The van der Waals surface area contributed by atoms with Crippen LogP contribution in [-0.4, -0.2) is 31.1 Å². The van der Waals surface area contributed by atoms with Gasteiger partial charge in [-0.05, 0) is 36.4 Å². The molecule has 0 aliphatic heterocycles. The molecule has 0 aliphatic rings. The molecule has 0 saturated carbocycles. The number of methoxy groups -OCH3 is 2. The van der Waals surface area contributed by atoms with Crippen molar-refractivity contribution in [3.05, 3.63) is 91.8 Å². The molecule has 0 radical (unpaired) electrons. The number of rotatable bonds is 8. The van der Waals surface area contributed by atoms with Gasteiger partial charge in [0.05, 0.1) is 35.4 Å². The molecule has 0 fully saturated rings. The number of nitrogens with zero attached hydrogens (tertiary/aromatic N) is 2. The van der Waals surface area contributed by atoms with Gasteiger partial charge in [0.25, 0.3) is 10.9 Å². The van der Waals surface area contributed by atoms with Gasteiger partial charge in [-0.3, -0.25) is 20.4 Å². The number of sulfonamides is 2. The van der Waals surface area contributed by atoms with Gasteiger partial charge in [0.15, 0.2) is 0 Å². The Kier molecular flexibility index (Phi) is 7.70. The molecule has 4 aromatic carbocycles. The highest BCUT2D eigenvalue weighted by Crippen LogP contribution is 2.28. The van der Waals surface area contributed by atoms with Crippen LogP contribution in [0.2, 0.25) is 0 Å². The zero-order valence-corrected chi connectivity index (χ0v) is 22.5. The molecule has 4 rings (SSSR count). The van der Waals surface area contributed by atoms with Crippen molar-refractivity contribution in [1.29, 1.82) is 0 Å². The zero-order chi connectivity index (χ0) is 29.2. The third-order valence-corrected chi connectivity index (χ3v) is 7.47. The topological polar surface area (TPSA) is 222 Å². The molecule has 6 N–H and O–H groups in total. The highest BCUT2D eigenvalue weighted by molar-refractivity contribution is 7.89. The average molecular weight is 587 g/mol. The number of nitrogens with one attached hydrogen (secondary N) is 2. The summed E-state index contributed by atoms with van der Waals surface area (Å²) in [5.41, 5.74) is 3.26. The monoisotopic (exact) mass is 586 g/mol. The molecule has 14 nitrogen and oxygen atoms in total. The van der Waals surface area contributed by atoms with E-state index in [0.29, 0.717) is 0 Å². The van der Waals surface area contributed by atoms with E-state index >= 15 is 0 Å². The van der Waals surface area contributed by atoms with Crippen LogP contribution in [0.25, 0.3) is 10.8 Å². The van der Waals surface area contributed by atoms with Crippen LogP contribution in [0.1, 0.15) is 0 Å². The van der Waals surface area contributed by atoms with Gasteiger partial charge in [-0.2, -0.15) is 10.2 Å².